The number of carbonyl (C=O) groups excluding carboxylic acids is 1. The van der Waals surface area contributed by atoms with Crippen LogP contribution in [-0.2, 0) is 17.8 Å². The Morgan fingerprint density at radius 1 is 1.39 bits per heavy atom. The largest absolute Gasteiger partial charge is 0.355 e. The minimum atomic E-state index is -0.0236. The van der Waals surface area contributed by atoms with E-state index in [4.69, 9.17) is 12.2 Å². The predicted octanol–water partition coefficient (Wildman–Crippen LogP) is 3.19. The van der Waals surface area contributed by atoms with Crippen molar-refractivity contribution in [2.45, 2.75) is 37.6 Å². The van der Waals surface area contributed by atoms with Gasteiger partial charge < -0.3 is 5.32 Å². The van der Waals surface area contributed by atoms with E-state index in [1.165, 1.54) is 4.90 Å². The minimum Gasteiger partial charge on any atom is -0.355 e. The second-order valence-corrected chi connectivity index (χ2v) is 6.70. The molecule has 1 amide bonds. The number of carbonyl (C=O) groups is 1. The number of amides is 1. The molecule has 0 saturated carbocycles. The first kappa shape index (κ1) is 17.7. The molecule has 124 valence electrons. The van der Waals surface area contributed by atoms with Gasteiger partial charge in [0.1, 0.15) is 12.4 Å². The van der Waals surface area contributed by atoms with Crippen LogP contribution in [0, 0.1) is 4.77 Å². The summed E-state index contributed by atoms with van der Waals surface area (Å²) in [6, 6.07) is 10.3. The van der Waals surface area contributed by atoms with E-state index in [0.717, 1.165) is 30.8 Å². The maximum atomic E-state index is 12.0. The van der Waals surface area contributed by atoms with Crippen LogP contribution in [0.3, 0.4) is 0 Å². The van der Waals surface area contributed by atoms with Gasteiger partial charge in [0.05, 0.1) is 0 Å². The maximum Gasteiger partial charge on any atom is 0.240 e. The molecule has 0 aliphatic carbocycles. The van der Waals surface area contributed by atoms with E-state index in [9.17, 15) is 4.79 Å². The monoisotopic (exact) mass is 350 g/mol. The standard InChI is InChI=1S/C16H22N4OS2/c1-2-7-14-18-19-16(22)20(14)12-15(21)17-10-6-11-23-13-8-4-3-5-9-13/h3-5,8-9H,2,6-7,10-12H2,1H3,(H,17,21)(H,19,22). The van der Waals surface area contributed by atoms with Crippen LogP contribution in [0.15, 0.2) is 35.2 Å². The highest BCUT2D eigenvalue weighted by Crippen LogP contribution is 2.17. The number of H-pyrrole nitrogens is 1. The van der Waals surface area contributed by atoms with Crippen LogP contribution in [0.2, 0.25) is 0 Å². The average molecular weight is 351 g/mol. The Morgan fingerprint density at radius 2 is 2.17 bits per heavy atom. The summed E-state index contributed by atoms with van der Waals surface area (Å²) < 4.78 is 2.27. The molecule has 23 heavy (non-hydrogen) atoms. The molecule has 1 aromatic carbocycles. The first-order chi connectivity index (χ1) is 11.2. The van der Waals surface area contributed by atoms with Crippen molar-refractivity contribution in [1.82, 2.24) is 20.1 Å². The molecule has 5 nitrogen and oxygen atoms in total. The van der Waals surface area contributed by atoms with Gasteiger partial charge in [-0.2, -0.15) is 5.10 Å². The van der Waals surface area contributed by atoms with Crippen LogP contribution < -0.4 is 5.32 Å². The molecule has 2 rings (SSSR count). The van der Waals surface area contributed by atoms with Gasteiger partial charge in [-0.25, -0.2) is 0 Å². The van der Waals surface area contributed by atoms with Crippen molar-refractivity contribution in [3.05, 3.63) is 40.9 Å². The fourth-order valence-corrected chi connectivity index (χ4v) is 3.22. The van der Waals surface area contributed by atoms with Crippen molar-refractivity contribution in [3.8, 4) is 0 Å². The highest BCUT2D eigenvalue weighted by Gasteiger charge is 2.09. The molecular formula is C16H22N4OS2. The molecule has 2 aromatic rings. The summed E-state index contributed by atoms with van der Waals surface area (Å²) in [7, 11) is 0. The van der Waals surface area contributed by atoms with Gasteiger partial charge >= 0.3 is 0 Å². The van der Waals surface area contributed by atoms with Gasteiger partial charge in [0, 0.05) is 17.9 Å². The van der Waals surface area contributed by atoms with Crippen molar-refractivity contribution in [1.29, 1.82) is 0 Å². The van der Waals surface area contributed by atoms with Crippen molar-refractivity contribution in [2.24, 2.45) is 0 Å². The highest BCUT2D eigenvalue weighted by atomic mass is 32.2. The zero-order chi connectivity index (χ0) is 16.5. The minimum absolute atomic E-state index is 0.0236. The van der Waals surface area contributed by atoms with Crippen molar-refractivity contribution < 1.29 is 4.79 Å². The van der Waals surface area contributed by atoms with E-state index in [1.807, 2.05) is 18.2 Å². The summed E-state index contributed by atoms with van der Waals surface area (Å²) >= 11 is 6.98. The summed E-state index contributed by atoms with van der Waals surface area (Å²) in [5, 5.41) is 9.86. The number of benzene rings is 1. The van der Waals surface area contributed by atoms with E-state index >= 15 is 0 Å². The molecular weight excluding hydrogens is 328 g/mol. The van der Waals surface area contributed by atoms with Gasteiger partial charge in [0.25, 0.3) is 0 Å². The van der Waals surface area contributed by atoms with Gasteiger partial charge in [-0.05, 0) is 42.9 Å². The van der Waals surface area contributed by atoms with Crippen LogP contribution >= 0.6 is 24.0 Å². The quantitative estimate of drug-likeness (QED) is 0.414. The molecule has 2 N–H and O–H groups in total. The van der Waals surface area contributed by atoms with Gasteiger partial charge in [-0.15, -0.1) is 11.8 Å². The van der Waals surface area contributed by atoms with Crippen molar-refractivity contribution in [2.75, 3.05) is 12.3 Å². The molecule has 1 heterocycles. The van der Waals surface area contributed by atoms with Crippen LogP contribution in [0.5, 0.6) is 0 Å². The number of hydrogen-bond acceptors (Lipinski definition) is 4. The first-order valence-electron chi connectivity index (χ1n) is 7.79. The van der Waals surface area contributed by atoms with Gasteiger partial charge in [-0.1, -0.05) is 25.1 Å². The van der Waals surface area contributed by atoms with Gasteiger partial charge in [0.15, 0.2) is 4.77 Å². The Hall–Kier alpha value is -1.60. The molecule has 0 fully saturated rings. The molecule has 0 radical (unpaired) electrons. The van der Waals surface area contributed by atoms with E-state index in [-0.39, 0.29) is 12.5 Å². The number of nitrogens with zero attached hydrogens (tertiary/aromatic N) is 2. The zero-order valence-corrected chi connectivity index (χ0v) is 14.9. The molecule has 0 aliphatic heterocycles. The van der Waals surface area contributed by atoms with E-state index in [2.05, 4.69) is 34.6 Å². The molecule has 0 aliphatic rings. The number of thioether (sulfide) groups is 1. The van der Waals surface area contributed by atoms with Crippen LogP contribution in [0.1, 0.15) is 25.6 Å². The van der Waals surface area contributed by atoms with E-state index < -0.39 is 0 Å². The maximum absolute atomic E-state index is 12.0. The SMILES string of the molecule is CCCc1n[nH]c(=S)n1CC(=O)NCCCSc1ccccc1. The zero-order valence-electron chi connectivity index (χ0n) is 13.2. The lowest BCUT2D eigenvalue weighted by molar-refractivity contribution is -0.121. The Labute approximate surface area is 145 Å². The number of nitrogens with one attached hydrogen (secondary N) is 2. The number of rotatable bonds is 9. The van der Waals surface area contributed by atoms with E-state index in [1.54, 1.807) is 16.3 Å². The van der Waals surface area contributed by atoms with Gasteiger partial charge in [-0.3, -0.25) is 14.5 Å². The normalized spacial score (nSPS) is 10.7. The Balaban J connectivity index is 1.69. The summed E-state index contributed by atoms with van der Waals surface area (Å²) in [6.45, 7) is 2.98. The summed E-state index contributed by atoms with van der Waals surface area (Å²) in [5.41, 5.74) is 0. The van der Waals surface area contributed by atoms with Crippen LogP contribution in [0.4, 0.5) is 0 Å². The van der Waals surface area contributed by atoms with Gasteiger partial charge in [0.2, 0.25) is 5.91 Å². The lowest BCUT2D eigenvalue weighted by atomic mass is 10.3. The summed E-state index contributed by atoms with van der Waals surface area (Å²) in [5.74, 6) is 1.80. The topological polar surface area (TPSA) is 62.7 Å². The average Bonchev–Trinajstić information content (AvgIpc) is 2.89. The number of aromatic amines is 1. The van der Waals surface area contributed by atoms with Crippen molar-refractivity contribution >= 4 is 29.9 Å². The molecule has 1 aromatic heterocycles. The molecule has 0 unspecified atom stereocenters. The Morgan fingerprint density at radius 3 is 2.91 bits per heavy atom. The lowest BCUT2D eigenvalue weighted by Gasteiger charge is -2.08. The third kappa shape index (κ3) is 5.84. The fraction of sp³-hybridized carbons (Fsp3) is 0.438. The second kappa shape index (κ2) is 9.52. The molecule has 0 saturated heterocycles. The number of aromatic nitrogens is 3. The lowest BCUT2D eigenvalue weighted by Crippen LogP contribution is -2.29. The van der Waals surface area contributed by atoms with Crippen molar-refractivity contribution in [3.63, 3.8) is 0 Å². The first-order valence-corrected chi connectivity index (χ1v) is 9.18. The highest BCUT2D eigenvalue weighted by molar-refractivity contribution is 7.99. The smallest absolute Gasteiger partial charge is 0.240 e. The molecule has 0 spiro atoms. The van der Waals surface area contributed by atoms with E-state index in [0.29, 0.717) is 11.3 Å². The number of hydrogen-bond donors (Lipinski definition) is 2. The third-order valence-corrected chi connectivity index (χ3v) is 4.68. The molecule has 0 bridgehead atoms. The number of aryl methyl sites for hydroxylation is 1. The van der Waals surface area contributed by atoms with Crippen LogP contribution in [-0.4, -0.2) is 33.0 Å². The molecule has 0 atom stereocenters. The second-order valence-electron chi connectivity index (χ2n) is 5.15. The summed E-state index contributed by atoms with van der Waals surface area (Å²) in [4.78, 5) is 13.3. The Bertz CT molecular complexity index is 666. The molecule has 7 heteroatoms. The third-order valence-electron chi connectivity index (χ3n) is 3.27. The predicted molar refractivity (Wildman–Crippen MR) is 96.2 cm³/mol. The Kier molecular flexibility index (Phi) is 7.35. The van der Waals surface area contributed by atoms with Crippen LogP contribution in [0.25, 0.3) is 0 Å². The summed E-state index contributed by atoms with van der Waals surface area (Å²) in [6.07, 6.45) is 2.72. The fourth-order valence-electron chi connectivity index (χ4n) is 2.13.